The molecule has 1 heterocycles. The molecule has 0 spiro atoms. The lowest BCUT2D eigenvalue weighted by molar-refractivity contribution is -0.115. The first-order valence-corrected chi connectivity index (χ1v) is 10.4. The molecule has 1 unspecified atom stereocenters. The van der Waals surface area contributed by atoms with E-state index in [-0.39, 0.29) is 5.91 Å². The van der Waals surface area contributed by atoms with E-state index in [1.54, 1.807) is 0 Å². The highest BCUT2D eigenvalue weighted by atomic mass is 32.2. The predicted molar refractivity (Wildman–Crippen MR) is 113 cm³/mol. The van der Waals surface area contributed by atoms with Gasteiger partial charge in [0.2, 0.25) is 5.91 Å². The van der Waals surface area contributed by atoms with Crippen LogP contribution in [-0.4, -0.2) is 20.7 Å². The summed E-state index contributed by atoms with van der Waals surface area (Å²) < 4.78 is 2.03. The second kappa shape index (κ2) is 7.80. The third-order valence-corrected chi connectivity index (χ3v) is 6.31. The Morgan fingerprint density at radius 3 is 2.61 bits per heavy atom. The zero-order valence-corrected chi connectivity index (χ0v) is 17.2. The summed E-state index contributed by atoms with van der Waals surface area (Å²) in [5.74, 6) is 1.48. The van der Waals surface area contributed by atoms with Crippen LogP contribution in [0.3, 0.4) is 0 Å². The molecule has 0 saturated heterocycles. The van der Waals surface area contributed by atoms with Gasteiger partial charge in [-0.05, 0) is 49.4 Å². The lowest BCUT2D eigenvalue weighted by Crippen LogP contribution is -2.20. The summed E-state index contributed by atoms with van der Waals surface area (Å²) in [5, 5.41) is 12.2. The number of amides is 1. The van der Waals surface area contributed by atoms with Crippen molar-refractivity contribution in [1.29, 1.82) is 0 Å². The lowest BCUT2D eigenvalue weighted by atomic mass is 10.1. The highest BCUT2D eigenvalue weighted by Crippen LogP contribution is 2.41. The van der Waals surface area contributed by atoms with E-state index >= 15 is 0 Å². The summed E-state index contributed by atoms with van der Waals surface area (Å²) in [6.07, 6.45) is 2.34. The molecule has 28 heavy (non-hydrogen) atoms. The SMILES string of the molecule is Cc1ccc(C)c(NC(=O)C(Sc2nnc(C3CC3)n2C)c2ccccc2)c1. The standard InChI is InChI=1S/C22H24N4OS/c1-14-9-10-15(2)18(13-14)23-21(27)19(16-7-5-4-6-8-16)28-22-25-24-20(26(22)3)17-11-12-17/h4-10,13,17,19H,11-12H2,1-3H3,(H,23,27). The fourth-order valence-corrected chi connectivity index (χ4v) is 4.21. The second-order valence-corrected chi connectivity index (χ2v) is 8.46. The van der Waals surface area contributed by atoms with Crippen LogP contribution in [0.1, 0.15) is 46.5 Å². The Hall–Kier alpha value is -2.60. The van der Waals surface area contributed by atoms with Gasteiger partial charge in [-0.3, -0.25) is 4.79 Å². The van der Waals surface area contributed by atoms with Gasteiger partial charge >= 0.3 is 0 Å². The summed E-state index contributed by atoms with van der Waals surface area (Å²) in [7, 11) is 1.99. The summed E-state index contributed by atoms with van der Waals surface area (Å²) in [6.45, 7) is 4.03. The third-order valence-electron chi connectivity index (χ3n) is 5.03. The number of anilines is 1. The van der Waals surface area contributed by atoms with Gasteiger partial charge in [0.1, 0.15) is 11.1 Å². The van der Waals surface area contributed by atoms with Crippen LogP contribution >= 0.6 is 11.8 Å². The highest BCUT2D eigenvalue weighted by Gasteiger charge is 2.31. The third kappa shape index (κ3) is 3.97. The molecule has 1 aromatic heterocycles. The van der Waals surface area contributed by atoms with Gasteiger partial charge in [-0.2, -0.15) is 0 Å². The summed E-state index contributed by atoms with van der Waals surface area (Å²) in [5.41, 5.74) is 3.96. The number of aromatic nitrogens is 3. The van der Waals surface area contributed by atoms with Gasteiger partial charge in [0.25, 0.3) is 0 Å². The first kappa shape index (κ1) is 18.7. The van der Waals surface area contributed by atoms with Crippen molar-refractivity contribution < 1.29 is 4.79 Å². The van der Waals surface area contributed by atoms with Crippen LogP contribution in [-0.2, 0) is 11.8 Å². The van der Waals surface area contributed by atoms with Gasteiger partial charge in [0.15, 0.2) is 5.16 Å². The van der Waals surface area contributed by atoms with Crippen molar-refractivity contribution >= 4 is 23.4 Å². The monoisotopic (exact) mass is 392 g/mol. The first-order chi connectivity index (χ1) is 13.5. The van der Waals surface area contributed by atoms with Crippen molar-refractivity contribution in [1.82, 2.24) is 14.8 Å². The smallest absolute Gasteiger partial charge is 0.242 e. The van der Waals surface area contributed by atoms with Crippen molar-refractivity contribution in [3.05, 3.63) is 71.0 Å². The molecule has 1 N–H and O–H groups in total. The molecule has 1 atom stereocenters. The molecular weight excluding hydrogens is 368 g/mol. The van der Waals surface area contributed by atoms with E-state index in [0.717, 1.165) is 33.4 Å². The Bertz CT molecular complexity index is 995. The van der Waals surface area contributed by atoms with Crippen LogP contribution in [0.2, 0.25) is 0 Å². The fourth-order valence-electron chi connectivity index (χ4n) is 3.20. The number of carbonyl (C=O) groups excluding carboxylic acids is 1. The van der Waals surface area contributed by atoms with Crippen molar-refractivity contribution in [2.45, 2.75) is 43.0 Å². The van der Waals surface area contributed by atoms with E-state index in [2.05, 4.69) is 15.5 Å². The number of rotatable bonds is 6. The number of benzene rings is 2. The molecule has 0 aliphatic heterocycles. The van der Waals surface area contributed by atoms with E-state index in [4.69, 9.17) is 0 Å². The molecule has 1 aliphatic carbocycles. The maximum Gasteiger partial charge on any atom is 0.242 e. The Morgan fingerprint density at radius 2 is 1.89 bits per heavy atom. The molecular formula is C22H24N4OS. The Kier molecular flexibility index (Phi) is 5.22. The largest absolute Gasteiger partial charge is 0.325 e. The predicted octanol–water partition coefficient (Wildman–Crippen LogP) is 4.78. The molecule has 1 aliphatic rings. The number of hydrogen-bond acceptors (Lipinski definition) is 4. The topological polar surface area (TPSA) is 59.8 Å². The van der Waals surface area contributed by atoms with Gasteiger partial charge in [0.05, 0.1) is 0 Å². The maximum absolute atomic E-state index is 13.3. The zero-order valence-electron chi connectivity index (χ0n) is 16.3. The summed E-state index contributed by atoms with van der Waals surface area (Å²) in [4.78, 5) is 13.3. The Morgan fingerprint density at radius 1 is 1.14 bits per heavy atom. The second-order valence-electron chi connectivity index (χ2n) is 7.39. The number of hydrogen-bond donors (Lipinski definition) is 1. The van der Waals surface area contributed by atoms with Crippen molar-refractivity contribution in [3.8, 4) is 0 Å². The number of carbonyl (C=O) groups is 1. The van der Waals surface area contributed by atoms with Crippen LogP contribution in [0.15, 0.2) is 53.7 Å². The minimum atomic E-state index is -0.406. The highest BCUT2D eigenvalue weighted by molar-refractivity contribution is 8.00. The van der Waals surface area contributed by atoms with E-state index in [1.807, 2.05) is 74.0 Å². The molecule has 1 amide bonds. The molecule has 6 heteroatoms. The van der Waals surface area contributed by atoms with Gasteiger partial charge < -0.3 is 9.88 Å². The lowest BCUT2D eigenvalue weighted by Gasteiger charge is -2.18. The summed E-state index contributed by atoms with van der Waals surface area (Å²) in [6, 6.07) is 15.9. The van der Waals surface area contributed by atoms with Crippen LogP contribution in [0, 0.1) is 13.8 Å². The molecule has 1 saturated carbocycles. The normalized spacial score (nSPS) is 14.7. The number of nitrogens with zero attached hydrogens (tertiary/aromatic N) is 3. The van der Waals surface area contributed by atoms with Crippen molar-refractivity contribution in [2.75, 3.05) is 5.32 Å². The van der Waals surface area contributed by atoms with E-state index < -0.39 is 5.25 Å². The summed E-state index contributed by atoms with van der Waals surface area (Å²) >= 11 is 1.45. The zero-order chi connectivity index (χ0) is 19.7. The quantitative estimate of drug-likeness (QED) is 0.613. The van der Waals surface area contributed by atoms with Gasteiger partial charge in [-0.1, -0.05) is 54.2 Å². The average Bonchev–Trinajstić information content (AvgIpc) is 3.47. The van der Waals surface area contributed by atoms with E-state index in [0.29, 0.717) is 5.92 Å². The van der Waals surface area contributed by atoms with E-state index in [1.165, 1.54) is 24.6 Å². The molecule has 4 rings (SSSR count). The molecule has 2 aromatic carbocycles. The fraction of sp³-hybridized carbons (Fsp3) is 0.318. The molecule has 0 bridgehead atoms. The van der Waals surface area contributed by atoms with Gasteiger partial charge in [-0.15, -0.1) is 10.2 Å². The Balaban J connectivity index is 1.62. The number of thioether (sulfide) groups is 1. The molecule has 5 nitrogen and oxygen atoms in total. The number of nitrogens with one attached hydrogen (secondary N) is 1. The maximum atomic E-state index is 13.3. The van der Waals surface area contributed by atoms with Crippen LogP contribution in [0.25, 0.3) is 0 Å². The first-order valence-electron chi connectivity index (χ1n) is 9.52. The van der Waals surface area contributed by atoms with Gasteiger partial charge in [-0.25, -0.2) is 0 Å². The minimum absolute atomic E-state index is 0.0547. The van der Waals surface area contributed by atoms with Crippen LogP contribution in [0.5, 0.6) is 0 Å². The number of aryl methyl sites for hydroxylation is 2. The molecule has 3 aromatic rings. The van der Waals surface area contributed by atoms with Crippen molar-refractivity contribution in [3.63, 3.8) is 0 Å². The Labute approximate surface area is 169 Å². The minimum Gasteiger partial charge on any atom is -0.325 e. The molecule has 0 radical (unpaired) electrons. The van der Waals surface area contributed by atoms with Crippen molar-refractivity contribution in [2.24, 2.45) is 7.05 Å². The molecule has 1 fully saturated rings. The van der Waals surface area contributed by atoms with Crippen LogP contribution < -0.4 is 5.32 Å². The van der Waals surface area contributed by atoms with Crippen LogP contribution in [0.4, 0.5) is 5.69 Å². The average molecular weight is 393 g/mol. The molecule has 144 valence electrons. The van der Waals surface area contributed by atoms with E-state index in [9.17, 15) is 4.79 Å². The van der Waals surface area contributed by atoms with Gasteiger partial charge in [0, 0.05) is 18.7 Å².